The summed E-state index contributed by atoms with van der Waals surface area (Å²) in [6.45, 7) is 4.27. The number of aliphatic hydroxyl groups is 3. The first kappa shape index (κ1) is 8.88. The van der Waals surface area contributed by atoms with Gasteiger partial charge in [-0.3, -0.25) is 0 Å². The molecule has 3 nitrogen and oxygen atoms in total. The van der Waals surface area contributed by atoms with Gasteiger partial charge in [0.25, 0.3) is 0 Å². The molecule has 0 spiro atoms. The van der Waals surface area contributed by atoms with E-state index in [1.807, 2.05) is 0 Å². The van der Waals surface area contributed by atoms with Crippen molar-refractivity contribution in [2.24, 2.45) is 0 Å². The van der Waals surface area contributed by atoms with E-state index >= 15 is 0 Å². The molecular formula is C6H14O3. The summed E-state index contributed by atoms with van der Waals surface area (Å²) in [5, 5.41) is 26.9. The van der Waals surface area contributed by atoms with Gasteiger partial charge in [-0.1, -0.05) is 0 Å². The van der Waals surface area contributed by atoms with Crippen molar-refractivity contribution in [1.29, 1.82) is 0 Å². The lowest BCUT2D eigenvalue weighted by atomic mass is 9.95. The van der Waals surface area contributed by atoms with Gasteiger partial charge in [-0.05, 0) is 20.8 Å². The van der Waals surface area contributed by atoms with Crippen LogP contribution in [-0.2, 0) is 0 Å². The maximum absolute atomic E-state index is 9.17. The average Bonchev–Trinajstić information content (AvgIpc) is 1.65. The Kier molecular flexibility index (Phi) is 2.61. The molecule has 0 aromatic carbocycles. The van der Waals surface area contributed by atoms with E-state index in [1.165, 1.54) is 20.8 Å². The van der Waals surface area contributed by atoms with Crippen molar-refractivity contribution < 1.29 is 15.3 Å². The predicted molar refractivity (Wildman–Crippen MR) is 34.0 cm³/mol. The zero-order valence-corrected chi connectivity index (χ0v) is 6.00. The van der Waals surface area contributed by atoms with Crippen molar-refractivity contribution in [3.05, 3.63) is 0 Å². The molecule has 0 rings (SSSR count). The molecule has 2 atom stereocenters. The van der Waals surface area contributed by atoms with Crippen molar-refractivity contribution in [3.8, 4) is 0 Å². The number of aliphatic hydroxyl groups excluding tert-OH is 2. The Balaban J connectivity index is 4.01. The highest BCUT2D eigenvalue weighted by atomic mass is 16.4. The molecule has 56 valence electrons. The summed E-state index contributed by atoms with van der Waals surface area (Å²) in [6.07, 6.45) is -1.81. The second-order valence-electron chi connectivity index (χ2n) is 2.58. The van der Waals surface area contributed by atoms with Crippen molar-refractivity contribution in [1.82, 2.24) is 0 Å². The summed E-state index contributed by atoms with van der Waals surface area (Å²) in [5.41, 5.74) is -1.39. The smallest absolute Gasteiger partial charge is 0.113 e. The maximum Gasteiger partial charge on any atom is 0.113 e. The highest BCUT2D eigenvalue weighted by molar-refractivity contribution is 4.83. The standard InChI is InChI=1S/C6H14O3/c1-4(7)6(3,9)5(2)8/h4-5,7-9H,1-3H3. The molecule has 3 heteroatoms. The molecule has 0 aliphatic rings. The van der Waals surface area contributed by atoms with Crippen molar-refractivity contribution in [2.75, 3.05) is 0 Å². The van der Waals surface area contributed by atoms with Gasteiger partial charge in [0, 0.05) is 0 Å². The third kappa shape index (κ3) is 1.93. The molecule has 0 aliphatic carbocycles. The molecule has 3 N–H and O–H groups in total. The molecule has 0 aliphatic heterocycles. The van der Waals surface area contributed by atoms with Gasteiger partial charge in [0.1, 0.15) is 5.60 Å². The second kappa shape index (κ2) is 2.64. The zero-order chi connectivity index (χ0) is 7.65. The van der Waals surface area contributed by atoms with Gasteiger partial charge < -0.3 is 15.3 Å². The van der Waals surface area contributed by atoms with E-state index in [4.69, 9.17) is 15.3 Å². The Morgan fingerprint density at radius 1 is 1.11 bits per heavy atom. The first-order valence-electron chi connectivity index (χ1n) is 2.97. The van der Waals surface area contributed by atoms with Crippen LogP contribution < -0.4 is 0 Å². The van der Waals surface area contributed by atoms with Gasteiger partial charge in [-0.15, -0.1) is 0 Å². The van der Waals surface area contributed by atoms with Crippen LogP contribution in [0.25, 0.3) is 0 Å². The summed E-state index contributed by atoms with van der Waals surface area (Å²) in [5.74, 6) is 0. The monoisotopic (exact) mass is 134 g/mol. The topological polar surface area (TPSA) is 60.7 Å². The van der Waals surface area contributed by atoms with E-state index in [0.29, 0.717) is 0 Å². The minimum atomic E-state index is -1.39. The van der Waals surface area contributed by atoms with E-state index in [2.05, 4.69) is 0 Å². The molecule has 0 fully saturated rings. The van der Waals surface area contributed by atoms with Crippen molar-refractivity contribution in [2.45, 2.75) is 38.6 Å². The van der Waals surface area contributed by atoms with Crippen LogP contribution in [0, 0.1) is 0 Å². The Hall–Kier alpha value is -0.120. The molecule has 0 aromatic heterocycles. The molecule has 9 heavy (non-hydrogen) atoms. The molecular weight excluding hydrogens is 120 g/mol. The Labute approximate surface area is 54.9 Å². The lowest BCUT2D eigenvalue weighted by Gasteiger charge is -2.29. The van der Waals surface area contributed by atoms with E-state index in [9.17, 15) is 0 Å². The van der Waals surface area contributed by atoms with Crippen LogP contribution in [0.15, 0.2) is 0 Å². The third-order valence-corrected chi connectivity index (χ3v) is 1.69. The van der Waals surface area contributed by atoms with Gasteiger partial charge in [-0.25, -0.2) is 0 Å². The van der Waals surface area contributed by atoms with Crippen molar-refractivity contribution >= 4 is 0 Å². The van der Waals surface area contributed by atoms with E-state index in [1.54, 1.807) is 0 Å². The molecule has 0 saturated heterocycles. The maximum atomic E-state index is 9.17. The predicted octanol–water partition coefficient (Wildman–Crippen LogP) is -0.501. The van der Waals surface area contributed by atoms with Crippen LogP contribution in [0.2, 0.25) is 0 Å². The number of hydrogen-bond donors (Lipinski definition) is 3. The van der Waals surface area contributed by atoms with Gasteiger partial charge in [0.2, 0.25) is 0 Å². The molecule has 0 saturated carbocycles. The normalized spacial score (nSPS) is 24.7. The van der Waals surface area contributed by atoms with Crippen LogP contribution >= 0.6 is 0 Å². The highest BCUT2D eigenvalue weighted by Crippen LogP contribution is 2.13. The molecule has 0 amide bonds. The van der Waals surface area contributed by atoms with Gasteiger partial charge in [0.15, 0.2) is 0 Å². The van der Waals surface area contributed by atoms with Crippen LogP contribution in [0.1, 0.15) is 20.8 Å². The van der Waals surface area contributed by atoms with E-state index in [-0.39, 0.29) is 0 Å². The van der Waals surface area contributed by atoms with Crippen LogP contribution in [0.3, 0.4) is 0 Å². The SMILES string of the molecule is CC(O)C(C)(O)C(C)O. The first-order chi connectivity index (χ1) is 3.89. The zero-order valence-electron chi connectivity index (χ0n) is 6.00. The summed E-state index contributed by atoms with van der Waals surface area (Å²) < 4.78 is 0. The van der Waals surface area contributed by atoms with Gasteiger partial charge >= 0.3 is 0 Å². The molecule has 0 aromatic rings. The quantitative estimate of drug-likeness (QED) is 0.477. The van der Waals surface area contributed by atoms with Crippen molar-refractivity contribution in [3.63, 3.8) is 0 Å². The fourth-order valence-corrected chi connectivity index (χ4v) is 0.349. The Morgan fingerprint density at radius 2 is 1.33 bits per heavy atom. The minimum absolute atomic E-state index is 0.905. The lowest BCUT2D eigenvalue weighted by molar-refractivity contribution is -0.121. The minimum Gasteiger partial charge on any atom is -0.390 e. The van der Waals surface area contributed by atoms with E-state index in [0.717, 1.165) is 0 Å². The number of rotatable bonds is 2. The largest absolute Gasteiger partial charge is 0.390 e. The molecule has 0 bridgehead atoms. The fraction of sp³-hybridized carbons (Fsp3) is 1.00. The van der Waals surface area contributed by atoms with Crippen LogP contribution in [0.5, 0.6) is 0 Å². The Bertz CT molecular complexity index is 76.3. The van der Waals surface area contributed by atoms with E-state index < -0.39 is 17.8 Å². The summed E-state index contributed by atoms with van der Waals surface area (Å²) in [7, 11) is 0. The highest BCUT2D eigenvalue weighted by Gasteiger charge is 2.31. The van der Waals surface area contributed by atoms with Gasteiger partial charge in [0.05, 0.1) is 12.2 Å². The molecule has 2 unspecified atom stereocenters. The Morgan fingerprint density at radius 3 is 1.33 bits per heavy atom. The third-order valence-electron chi connectivity index (χ3n) is 1.69. The second-order valence-corrected chi connectivity index (χ2v) is 2.58. The summed E-state index contributed by atoms with van der Waals surface area (Å²) in [4.78, 5) is 0. The molecule has 0 radical (unpaired) electrons. The number of hydrogen-bond acceptors (Lipinski definition) is 3. The average molecular weight is 134 g/mol. The van der Waals surface area contributed by atoms with Crippen LogP contribution in [-0.4, -0.2) is 33.1 Å². The van der Waals surface area contributed by atoms with Crippen LogP contribution in [0.4, 0.5) is 0 Å². The lowest BCUT2D eigenvalue weighted by Crippen LogP contribution is -2.46. The first-order valence-corrected chi connectivity index (χ1v) is 2.97. The fourth-order valence-electron chi connectivity index (χ4n) is 0.349. The summed E-state index contributed by atoms with van der Waals surface area (Å²) >= 11 is 0. The summed E-state index contributed by atoms with van der Waals surface area (Å²) in [6, 6.07) is 0. The molecule has 0 heterocycles. The van der Waals surface area contributed by atoms with Gasteiger partial charge in [-0.2, -0.15) is 0 Å².